The summed E-state index contributed by atoms with van der Waals surface area (Å²) in [4.78, 5) is 0. The molecule has 0 spiro atoms. The quantitative estimate of drug-likeness (QED) is 0.677. The summed E-state index contributed by atoms with van der Waals surface area (Å²) in [5, 5.41) is 0. The maximum atomic E-state index is 12.9. The lowest BCUT2D eigenvalue weighted by atomic mass is 10.1. The van der Waals surface area contributed by atoms with E-state index in [4.69, 9.17) is 4.74 Å². The molecule has 0 amide bonds. The van der Waals surface area contributed by atoms with Crippen molar-refractivity contribution in [3.05, 3.63) is 77.6 Å². The van der Waals surface area contributed by atoms with E-state index in [2.05, 4.69) is 25.1 Å². The summed E-state index contributed by atoms with van der Waals surface area (Å²) < 4.78 is 18.8. The second-order valence-corrected chi connectivity index (χ2v) is 5.03. The summed E-state index contributed by atoms with van der Waals surface area (Å²) in [7, 11) is 0. The maximum Gasteiger partial charge on any atom is 0.123 e. The number of hydrogen-bond acceptors (Lipinski definition) is 1. The van der Waals surface area contributed by atoms with Crippen molar-refractivity contribution in [2.24, 2.45) is 0 Å². The van der Waals surface area contributed by atoms with Crippen molar-refractivity contribution in [1.82, 2.24) is 0 Å². The van der Waals surface area contributed by atoms with Crippen LogP contribution >= 0.6 is 0 Å². The average molecular weight is 284 g/mol. The van der Waals surface area contributed by atoms with Crippen molar-refractivity contribution in [2.75, 3.05) is 0 Å². The van der Waals surface area contributed by atoms with Gasteiger partial charge >= 0.3 is 0 Å². The van der Waals surface area contributed by atoms with Gasteiger partial charge in [-0.05, 0) is 29.7 Å². The smallest absolute Gasteiger partial charge is 0.123 e. The van der Waals surface area contributed by atoms with E-state index in [1.54, 1.807) is 12.1 Å². The molecule has 0 aromatic heterocycles. The summed E-state index contributed by atoms with van der Waals surface area (Å²) in [5.74, 6) is -0.211. The molecular formula is C19H21FO. The van der Waals surface area contributed by atoms with E-state index in [1.807, 2.05) is 24.3 Å². The fourth-order valence-electron chi connectivity index (χ4n) is 2.09. The largest absolute Gasteiger partial charge is 0.369 e. The van der Waals surface area contributed by atoms with E-state index in [0.717, 1.165) is 18.4 Å². The first kappa shape index (κ1) is 15.5. The van der Waals surface area contributed by atoms with Crippen LogP contribution in [-0.2, 0) is 11.3 Å². The first-order chi connectivity index (χ1) is 10.3. The minimum Gasteiger partial charge on any atom is -0.369 e. The molecule has 0 heterocycles. The Balaban J connectivity index is 1.93. The van der Waals surface area contributed by atoms with Crippen molar-refractivity contribution in [2.45, 2.75) is 32.5 Å². The van der Waals surface area contributed by atoms with E-state index in [1.165, 1.54) is 17.7 Å². The summed E-state index contributed by atoms with van der Waals surface area (Å²) >= 11 is 0. The van der Waals surface area contributed by atoms with E-state index in [9.17, 15) is 4.39 Å². The van der Waals surface area contributed by atoms with Crippen LogP contribution in [0.2, 0.25) is 0 Å². The molecule has 1 atom stereocenters. The molecule has 1 nitrogen and oxygen atoms in total. The van der Waals surface area contributed by atoms with Gasteiger partial charge in [-0.15, -0.1) is 0 Å². The minimum atomic E-state index is -0.211. The molecule has 0 fully saturated rings. The number of hydrogen-bond donors (Lipinski definition) is 0. The van der Waals surface area contributed by atoms with Gasteiger partial charge in [-0.3, -0.25) is 0 Å². The molecule has 0 aliphatic heterocycles. The number of ether oxygens (including phenoxy) is 1. The van der Waals surface area contributed by atoms with Crippen LogP contribution < -0.4 is 0 Å². The van der Waals surface area contributed by atoms with Crippen LogP contribution in [-0.4, -0.2) is 6.10 Å². The summed E-state index contributed by atoms with van der Waals surface area (Å²) in [6.07, 6.45) is 6.17. The van der Waals surface area contributed by atoms with Gasteiger partial charge in [0.1, 0.15) is 5.82 Å². The molecule has 0 saturated heterocycles. The lowest BCUT2D eigenvalue weighted by Gasteiger charge is -2.13. The fourth-order valence-corrected chi connectivity index (χ4v) is 2.09. The van der Waals surface area contributed by atoms with Crippen molar-refractivity contribution in [1.29, 1.82) is 0 Å². The van der Waals surface area contributed by atoms with E-state index in [-0.39, 0.29) is 11.9 Å². The Labute approximate surface area is 126 Å². The predicted molar refractivity (Wildman–Crippen MR) is 85.4 cm³/mol. The Morgan fingerprint density at radius 1 is 1.05 bits per heavy atom. The highest BCUT2D eigenvalue weighted by atomic mass is 19.1. The highest BCUT2D eigenvalue weighted by Crippen LogP contribution is 2.12. The lowest BCUT2D eigenvalue weighted by Crippen LogP contribution is -2.09. The van der Waals surface area contributed by atoms with Crippen molar-refractivity contribution in [3.63, 3.8) is 0 Å². The van der Waals surface area contributed by atoms with Crippen molar-refractivity contribution in [3.8, 4) is 0 Å². The summed E-state index contributed by atoms with van der Waals surface area (Å²) in [5.41, 5.74) is 2.16. The lowest BCUT2D eigenvalue weighted by molar-refractivity contribution is 0.0665. The second kappa shape index (κ2) is 8.38. The van der Waals surface area contributed by atoms with Crippen LogP contribution in [0, 0.1) is 5.82 Å². The van der Waals surface area contributed by atoms with Crippen LogP contribution in [0.1, 0.15) is 30.9 Å². The Hall–Kier alpha value is -1.93. The monoisotopic (exact) mass is 284 g/mol. The highest BCUT2D eigenvalue weighted by Gasteiger charge is 2.04. The third-order valence-corrected chi connectivity index (χ3v) is 3.25. The predicted octanol–water partition coefficient (Wildman–Crippen LogP) is 5.22. The Morgan fingerprint density at radius 2 is 1.76 bits per heavy atom. The molecule has 21 heavy (non-hydrogen) atoms. The summed E-state index contributed by atoms with van der Waals surface area (Å²) in [6, 6.07) is 16.6. The second-order valence-electron chi connectivity index (χ2n) is 5.03. The summed E-state index contributed by atoms with van der Waals surface area (Å²) in [6.45, 7) is 2.75. The number of halogens is 1. The third-order valence-electron chi connectivity index (χ3n) is 3.25. The molecule has 1 unspecified atom stereocenters. The Morgan fingerprint density at radius 3 is 2.43 bits per heavy atom. The number of benzene rings is 2. The van der Waals surface area contributed by atoms with Gasteiger partial charge in [0.05, 0.1) is 12.7 Å². The number of rotatable bonds is 7. The molecule has 0 radical (unpaired) electrons. The molecule has 0 bridgehead atoms. The van der Waals surface area contributed by atoms with Crippen LogP contribution in [0.15, 0.2) is 60.7 Å². The molecule has 2 aromatic rings. The van der Waals surface area contributed by atoms with Crippen LogP contribution in [0.3, 0.4) is 0 Å². The van der Waals surface area contributed by atoms with Crippen LogP contribution in [0.4, 0.5) is 4.39 Å². The van der Waals surface area contributed by atoms with Gasteiger partial charge in [0.15, 0.2) is 0 Å². The molecule has 2 aromatic carbocycles. The third kappa shape index (κ3) is 5.52. The Kier molecular flexibility index (Phi) is 6.17. The highest BCUT2D eigenvalue weighted by molar-refractivity contribution is 5.49. The molecule has 0 saturated carbocycles. The van der Waals surface area contributed by atoms with E-state index in [0.29, 0.717) is 6.61 Å². The zero-order valence-corrected chi connectivity index (χ0v) is 12.3. The topological polar surface area (TPSA) is 9.23 Å². The van der Waals surface area contributed by atoms with Crippen LogP contribution in [0.5, 0.6) is 0 Å². The van der Waals surface area contributed by atoms with Crippen molar-refractivity contribution < 1.29 is 9.13 Å². The maximum absolute atomic E-state index is 12.9. The Bertz CT molecular complexity index is 546. The van der Waals surface area contributed by atoms with Gasteiger partial charge in [-0.2, -0.15) is 0 Å². The molecular weight excluding hydrogens is 263 g/mol. The SMILES string of the molecule is CCCC(/C=C/c1ccc(F)cc1)OCc1ccccc1. The van der Waals surface area contributed by atoms with Gasteiger partial charge in [-0.25, -0.2) is 4.39 Å². The van der Waals surface area contributed by atoms with Gasteiger partial charge in [0.25, 0.3) is 0 Å². The molecule has 2 rings (SSSR count). The first-order valence-corrected chi connectivity index (χ1v) is 7.37. The van der Waals surface area contributed by atoms with Gasteiger partial charge < -0.3 is 4.74 Å². The molecule has 0 aliphatic carbocycles. The van der Waals surface area contributed by atoms with Gasteiger partial charge in [0.2, 0.25) is 0 Å². The minimum absolute atomic E-state index is 0.0836. The zero-order chi connectivity index (χ0) is 14.9. The average Bonchev–Trinajstić information content (AvgIpc) is 2.52. The molecule has 110 valence electrons. The normalized spacial score (nSPS) is 12.7. The molecule has 0 N–H and O–H groups in total. The van der Waals surface area contributed by atoms with E-state index >= 15 is 0 Å². The zero-order valence-electron chi connectivity index (χ0n) is 12.3. The standard InChI is InChI=1S/C19H21FO/c1-2-6-19(21-15-17-7-4-3-5-8-17)14-11-16-9-12-18(20)13-10-16/h3-5,7-14,19H,2,6,15H2,1H3/b14-11+. The molecule has 0 aliphatic rings. The van der Waals surface area contributed by atoms with Crippen molar-refractivity contribution >= 4 is 6.08 Å². The van der Waals surface area contributed by atoms with Gasteiger partial charge in [0, 0.05) is 0 Å². The first-order valence-electron chi connectivity index (χ1n) is 7.37. The van der Waals surface area contributed by atoms with Crippen LogP contribution in [0.25, 0.3) is 6.08 Å². The molecule has 2 heteroatoms. The van der Waals surface area contributed by atoms with Gasteiger partial charge in [-0.1, -0.05) is 68.0 Å². The fraction of sp³-hybridized carbons (Fsp3) is 0.263. The van der Waals surface area contributed by atoms with E-state index < -0.39 is 0 Å².